The Balaban J connectivity index is 4.33. The van der Waals surface area contributed by atoms with Gasteiger partial charge in [-0.05, 0) is 38.8 Å². The third kappa shape index (κ3) is 10.2. The molecule has 0 heterocycles. The van der Waals surface area contributed by atoms with Crippen LogP contribution in [0.1, 0.15) is 26.2 Å². The van der Waals surface area contributed by atoms with Crippen molar-refractivity contribution in [2.75, 3.05) is 0 Å². The quantitative estimate of drug-likeness (QED) is 0.411. The van der Waals surface area contributed by atoms with Gasteiger partial charge in [0.15, 0.2) is 8.32 Å². The zero-order chi connectivity index (χ0) is 13.7. The number of unbranched alkanes of at least 4 members (excludes halogenated alkanes) is 2. The van der Waals surface area contributed by atoms with Crippen LogP contribution in [0.4, 0.5) is 0 Å². The molecule has 0 spiro atoms. The monoisotopic (exact) mass is 298 g/mol. The molecule has 0 aliphatic rings. The molecular formula is C10H27O4PSi2. The summed E-state index contributed by atoms with van der Waals surface area (Å²) in [7, 11) is -8.00. The first-order chi connectivity index (χ1) is 7.47. The van der Waals surface area contributed by atoms with Gasteiger partial charge in [-0.2, -0.15) is 0 Å². The lowest BCUT2D eigenvalue weighted by Crippen LogP contribution is -2.32. The summed E-state index contributed by atoms with van der Waals surface area (Å²) in [5.74, 6) is 0. The summed E-state index contributed by atoms with van der Waals surface area (Å²) in [5.41, 5.74) is 0. The molecule has 1 unspecified atom stereocenters. The summed E-state index contributed by atoms with van der Waals surface area (Å²) in [4.78, 5) is 9.72. The number of phosphoric acid groups is 1. The predicted octanol–water partition coefficient (Wildman–Crippen LogP) is 4.35. The molecule has 0 aromatic rings. The van der Waals surface area contributed by atoms with Gasteiger partial charge in [0.1, 0.15) is 0 Å². The molecule has 0 radical (unpaired) electrons. The van der Waals surface area contributed by atoms with E-state index in [-0.39, 0.29) is 0 Å². The molecule has 0 saturated heterocycles. The molecule has 0 aromatic heterocycles. The molecule has 1 N–H and O–H groups in total. The molecule has 17 heavy (non-hydrogen) atoms. The van der Waals surface area contributed by atoms with Gasteiger partial charge in [-0.25, -0.2) is 4.57 Å². The molecule has 0 rings (SSSR count). The van der Waals surface area contributed by atoms with E-state index in [1.165, 1.54) is 0 Å². The van der Waals surface area contributed by atoms with Crippen molar-refractivity contribution in [1.29, 1.82) is 0 Å². The van der Waals surface area contributed by atoms with E-state index < -0.39 is 24.5 Å². The SMILES string of the molecule is CCCCC[Si](C)(C)OP(=O)(O)O[Si](C)(C)C. The molecule has 1 atom stereocenters. The van der Waals surface area contributed by atoms with Crippen LogP contribution in [0.15, 0.2) is 0 Å². The van der Waals surface area contributed by atoms with Crippen molar-refractivity contribution in [3.8, 4) is 0 Å². The molecule has 0 aliphatic heterocycles. The minimum absolute atomic E-state index is 0.903. The molecule has 0 amide bonds. The van der Waals surface area contributed by atoms with Gasteiger partial charge in [0.2, 0.25) is 8.32 Å². The Labute approximate surface area is 108 Å². The molecule has 0 aliphatic carbocycles. The van der Waals surface area contributed by atoms with E-state index in [0.29, 0.717) is 0 Å². The standard InChI is InChI=1S/C10H27O4PSi2/c1-7-8-9-10-17(5,6)14-15(11,12)13-16(2,3)4/h7-10H2,1-6H3,(H,11,12). The van der Waals surface area contributed by atoms with Gasteiger partial charge in [-0.15, -0.1) is 0 Å². The van der Waals surface area contributed by atoms with E-state index in [2.05, 4.69) is 6.92 Å². The summed E-state index contributed by atoms with van der Waals surface area (Å²) in [5, 5.41) is 0. The summed E-state index contributed by atoms with van der Waals surface area (Å²) in [6, 6.07) is 0.903. The van der Waals surface area contributed by atoms with Gasteiger partial charge >= 0.3 is 7.82 Å². The average molecular weight is 298 g/mol. The maximum Gasteiger partial charge on any atom is 0.452 e. The smallest absolute Gasteiger partial charge is 0.331 e. The van der Waals surface area contributed by atoms with Gasteiger partial charge in [0, 0.05) is 0 Å². The highest BCUT2D eigenvalue weighted by atomic mass is 31.2. The van der Waals surface area contributed by atoms with Crippen LogP contribution in [0.3, 0.4) is 0 Å². The third-order valence-electron chi connectivity index (χ3n) is 2.13. The molecule has 0 saturated carbocycles. The first-order valence-electron chi connectivity index (χ1n) is 6.22. The van der Waals surface area contributed by atoms with Crippen LogP contribution >= 0.6 is 7.82 Å². The van der Waals surface area contributed by atoms with Crippen LogP contribution in [-0.4, -0.2) is 21.5 Å². The Bertz CT molecular complexity index is 276. The van der Waals surface area contributed by atoms with Crippen LogP contribution in [0.25, 0.3) is 0 Å². The number of hydrogen-bond acceptors (Lipinski definition) is 3. The van der Waals surface area contributed by atoms with E-state index in [1.807, 2.05) is 32.7 Å². The van der Waals surface area contributed by atoms with E-state index in [4.69, 9.17) is 8.43 Å². The van der Waals surface area contributed by atoms with Crippen molar-refractivity contribution in [2.24, 2.45) is 0 Å². The number of hydrogen-bond donors (Lipinski definition) is 1. The summed E-state index contributed by atoms with van der Waals surface area (Å²) in [6.45, 7) is 11.7. The molecule has 4 nitrogen and oxygen atoms in total. The van der Waals surface area contributed by atoms with Crippen molar-refractivity contribution in [1.82, 2.24) is 0 Å². The topological polar surface area (TPSA) is 55.8 Å². The van der Waals surface area contributed by atoms with E-state index in [9.17, 15) is 9.46 Å². The normalized spacial score (nSPS) is 16.9. The molecule has 0 aromatic carbocycles. The van der Waals surface area contributed by atoms with Crippen molar-refractivity contribution < 1.29 is 17.9 Å². The lowest BCUT2D eigenvalue weighted by Gasteiger charge is -2.28. The summed E-state index contributed by atoms with van der Waals surface area (Å²) >= 11 is 0. The highest BCUT2D eigenvalue weighted by Gasteiger charge is 2.37. The van der Waals surface area contributed by atoms with E-state index in [0.717, 1.165) is 25.3 Å². The predicted molar refractivity (Wildman–Crippen MR) is 77.2 cm³/mol. The van der Waals surface area contributed by atoms with Gasteiger partial charge in [0.25, 0.3) is 0 Å². The summed E-state index contributed by atoms with van der Waals surface area (Å²) < 4.78 is 22.5. The lowest BCUT2D eigenvalue weighted by atomic mass is 10.3. The van der Waals surface area contributed by atoms with Crippen molar-refractivity contribution >= 4 is 24.5 Å². The highest BCUT2D eigenvalue weighted by molar-refractivity contribution is 7.51. The maximum atomic E-state index is 11.9. The zero-order valence-corrected chi connectivity index (χ0v) is 14.8. The maximum absolute atomic E-state index is 11.9. The second-order valence-electron chi connectivity index (χ2n) is 5.98. The van der Waals surface area contributed by atoms with Crippen LogP contribution in [0.5, 0.6) is 0 Å². The van der Waals surface area contributed by atoms with Gasteiger partial charge in [0.05, 0.1) is 0 Å². The molecule has 7 heteroatoms. The fourth-order valence-corrected chi connectivity index (χ4v) is 8.74. The Morgan fingerprint density at radius 3 is 2.00 bits per heavy atom. The highest BCUT2D eigenvalue weighted by Crippen LogP contribution is 2.49. The number of rotatable bonds is 8. The third-order valence-corrected chi connectivity index (χ3v) is 9.71. The molecular weight excluding hydrogens is 271 g/mol. The van der Waals surface area contributed by atoms with Gasteiger partial charge in [-0.3, -0.25) is 0 Å². The molecule has 104 valence electrons. The first kappa shape index (κ1) is 17.5. The lowest BCUT2D eigenvalue weighted by molar-refractivity contribution is 0.285. The average Bonchev–Trinajstić information content (AvgIpc) is 1.96. The van der Waals surface area contributed by atoms with Crippen LogP contribution in [0.2, 0.25) is 38.8 Å². The largest absolute Gasteiger partial charge is 0.452 e. The fourth-order valence-electron chi connectivity index (χ4n) is 1.52. The second-order valence-corrected chi connectivity index (χ2v) is 16.6. The Morgan fingerprint density at radius 1 is 1.06 bits per heavy atom. The van der Waals surface area contributed by atoms with E-state index in [1.54, 1.807) is 0 Å². The minimum atomic E-state index is -3.86. The van der Waals surface area contributed by atoms with E-state index >= 15 is 0 Å². The zero-order valence-electron chi connectivity index (χ0n) is 11.9. The Hall–Kier alpha value is 0.544. The van der Waals surface area contributed by atoms with Crippen LogP contribution in [-0.2, 0) is 13.0 Å². The van der Waals surface area contributed by atoms with Crippen molar-refractivity contribution in [3.05, 3.63) is 0 Å². The van der Waals surface area contributed by atoms with Gasteiger partial charge in [-0.1, -0.05) is 26.2 Å². The fraction of sp³-hybridized carbons (Fsp3) is 1.00. The van der Waals surface area contributed by atoms with Gasteiger partial charge < -0.3 is 13.3 Å². The summed E-state index contributed by atoms with van der Waals surface area (Å²) in [6.07, 6.45) is 3.35. The van der Waals surface area contributed by atoms with Crippen molar-refractivity contribution in [2.45, 2.75) is 65.0 Å². The Morgan fingerprint density at radius 2 is 1.59 bits per heavy atom. The first-order valence-corrected chi connectivity index (χ1v) is 14.2. The van der Waals surface area contributed by atoms with Crippen LogP contribution in [0, 0.1) is 0 Å². The molecule has 0 bridgehead atoms. The minimum Gasteiger partial charge on any atom is -0.331 e. The Kier molecular flexibility index (Phi) is 6.85. The second kappa shape index (κ2) is 6.64. The molecule has 0 fully saturated rings. The van der Waals surface area contributed by atoms with Crippen LogP contribution < -0.4 is 0 Å². The van der Waals surface area contributed by atoms with Crippen molar-refractivity contribution in [3.63, 3.8) is 0 Å².